The van der Waals surface area contributed by atoms with Gasteiger partial charge >= 0.3 is 0 Å². The summed E-state index contributed by atoms with van der Waals surface area (Å²) < 4.78 is 18.2. The number of para-hydroxylation sites is 1. The standard InChI is InChI=1S/C26H26Cl2N2O4/c27-20-6-3-8-22(13-20)32-18-26(15-25(29)31)17-30(11-12-33-26)16-19-5-1-2-10-24(19)34-23-9-4-7-21(28)14-23/h1-10,13-14H,11-12,15-18H2,(H2,29,31). The van der Waals surface area contributed by atoms with Crippen LogP contribution in [0.5, 0.6) is 17.2 Å². The number of nitrogens with zero attached hydrogens (tertiary/aromatic N) is 1. The van der Waals surface area contributed by atoms with Gasteiger partial charge in [-0.25, -0.2) is 0 Å². The van der Waals surface area contributed by atoms with Crippen LogP contribution in [0.15, 0.2) is 72.8 Å². The average molecular weight is 501 g/mol. The van der Waals surface area contributed by atoms with Crippen LogP contribution in [0.4, 0.5) is 0 Å². The Balaban J connectivity index is 1.49. The van der Waals surface area contributed by atoms with Gasteiger partial charge < -0.3 is 19.9 Å². The number of ether oxygens (including phenoxy) is 3. The van der Waals surface area contributed by atoms with E-state index in [0.29, 0.717) is 47.8 Å². The Bertz CT molecular complexity index is 1140. The Labute approximate surface area is 209 Å². The van der Waals surface area contributed by atoms with Gasteiger partial charge in [0.1, 0.15) is 29.5 Å². The number of hydrogen-bond acceptors (Lipinski definition) is 5. The first-order chi connectivity index (χ1) is 16.4. The van der Waals surface area contributed by atoms with Crippen LogP contribution in [0.2, 0.25) is 10.0 Å². The molecule has 1 fully saturated rings. The quantitative estimate of drug-likeness (QED) is 0.430. The van der Waals surface area contributed by atoms with Crippen molar-refractivity contribution in [1.82, 2.24) is 4.90 Å². The zero-order valence-electron chi connectivity index (χ0n) is 18.6. The lowest BCUT2D eigenvalue weighted by molar-refractivity contribution is -0.148. The first-order valence-electron chi connectivity index (χ1n) is 11.0. The Kier molecular flexibility index (Phi) is 7.95. The molecule has 1 atom stereocenters. The fraction of sp³-hybridized carbons (Fsp3) is 0.269. The lowest BCUT2D eigenvalue weighted by atomic mass is 9.97. The highest BCUT2D eigenvalue weighted by molar-refractivity contribution is 6.31. The van der Waals surface area contributed by atoms with Crippen LogP contribution in [0, 0.1) is 0 Å². The molecule has 3 aromatic rings. The number of primary amides is 1. The van der Waals surface area contributed by atoms with Crippen molar-refractivity contribution in [2.45, 2.75) is 18.6 Å². The SMILES string of the molecule is NC(=O)CC1(COc2cccc(Cl)c2)CN(Cc2ccccc2Oc2cccc(Cl)c2)CCO1. The van der Waals surface area contributed by atoms with Gasteiger partial charge in [0, 0.05) is 35.2 Å². The Morgan fingerprint density at radius 3 is 2.44 bits per heavy atom. The number of halogens is 2. The molecule has 6 nitrogen and oxygen atoms in total. The summed E-state index contributed by atoms with van der Waals surface area (Å²) in [6.07, 6.45) is 0.0464. The van der Waals surface area contributed by atoms with E-state index in [4.69, 9.17) is 43.1 Å². The minimum absolute atomic E-state index is 0.0464. The molecular formula is C26H26Cl2N2O4. The highest BCUT2D eigenvalue weighted by Gasteiger charge is 2.39. The molecule has 4 rings (SSSR count). The van der Waals surface area contributed by atoms with Crippen molar-refractivity contribution in [3.8, 4) is 17.2 Å². The van der Waals surface area contributed by atoms with Crippen LogP contribution in [0.25, 0.3) is 0 Å². The number of carbonyl (C=O) groups is 1. The first kappa shape index (κ1) is 24.4. The number of nitrogens with two attached hydrogens (primary N) is 1. The van der Waals surface area contributed by atoms with Gasteiger partial charge in [0.05, 0.1) is 13.0 Å². The number of rotatable bonds is 9. The number of hydrogen-bond donors (Lipinski definition) is 1. The van der Waals surface area contributed by atoms with Crippen molar-refractivity contribution in [1.29, 1.82) is 0 Å². The van der Waals surface area contributed by atoms with E-state index >= 15 is 0 Å². The molecule has 1 aliphatic heterocycles. The topological polar surface area (TPSA) is 74.0 Å². The normalized spacial score (nSPS) is 18.4. The van der Waals surface area contributed by atoms with E-state index in [-0.39, 0.29) is 13.0 Å². The van der Waals surface area contributed by atoms with Gasteiger partial charge in [-0.1, -0.05) is 53.5 Å². The second-order valence-corrected chi connectivity index (χ2v) is 9.17. The molecule has 8 heteroatoms. The van der Waals surface area contributed by atoms with Gasteiger partial charge in [0.2, 0.25) is 5.91 Å². The van der Waals surface area contributed by atoms with Crippen molar-refractivity contribution in [3.63, 3.8) is 0 Å². The van der Waals surface area contributed by atoms with Gasteiger partial charge in [-0.3, -0.25) is 9.69 Å². The van der Waals surface area contributed by atoms with E-state index in [0.717, 1.165) is 11.3 Å². The molecule has 0 bridgehead atoms. The summed E-state index contributed by atoms with van der Waals surface area (Å²) in [4.78, 5) is 14.1. The lowest BCUT2D eigenvalue weighted by Crippen LogP contribution is -2.56. The zero-order chi connectivity index (χ0) is 24.0. The summed E-state index contributed by atoms with van der Waals surface area (Å²) in [5, 5.41) is 1.18. The molecule has 0 aliphatic carbocycles. The van der Waals surface area contributed by atoms with E-state index < -0.39 is 11.5 Å². The summed E-state index contributed by atoms with van der Waals surface area (Å²) in [6, 6.07) is 22.3. The highest BCUT2D eigenvalue weighted by atomic mass is 35.5. The smallest absolute Gasteiger partial charge is 0.220 e. The van der Waals surface area contributed by atoms with Gasteiger partial charge in [-0.05, 0) is 42.5 Å². The molecule has 0 radical (unpaired) electrons. The third kappa shape index (κ3) is 6.64. The van der Waals surface area contributed by atoms with Crippen LogP contribution >= 0.6 is 23.2 Å². The molecule has 1 heterocycles. The molecule has 2 N–H and O–H groups in total. The molecular weight excluding hydrogens is 475 g/mol. The summed E-state index contributed by atoms with van der Waals surface area (Å²) in [6.45, 7) is 2.40. The van der Waals surface area contributed by atoms with Crippen molar-refractivity contribution in [2.24, 2.45) is 5.73 Å². The van der Waals surface area contributed by atoms with E-state index in [1.807, 2.05) is 48.5 Å². The van der Waals surface area contributed by atoms with Crippen molar-refractivity contribution in [2.75, 3.05) is 26.3 Å². The summed E-state index contributed by atoms with van der Waals surface area (Å²) >= 11 is 12.2. The summed E-state index contributed by atoms with van der Waals surface area (Å²) in [7, 11) is 0. The number of morpholine rings is 1. The minimum atomic E-state index is -0.866. The van der Waals surface area contributed by atoms with E-state index in [2.05, 4.69) is 4.90 Å². The number of amides is 1. The van der Waals surface area contributed by atoms with Crippen LogP contribution < -0.4 is 15.2 Å². The number of benzene rings is 3. The Morgan fingerprint density at radius 2 is 1.71 bits per heavy atom. The summed E-state index contributed by atoms with van der Waals surface area (Å²) in [5.41, 5.74) is 5.72. The maximum absolute atomic E-state index is 11.9. The average Bonchev–Trinajstić information content (AvgIpc) is 2.79. The van der Waals surface area contributed by atoms with Crippen molar-refractivity contribution in [3.05, 3.63) is 88.4 Å². The van der Waals surface area contributed by atoms with Gasteiger partial charge in [-0.2, -0.15) is 0 Å². The predicted octanol–water partition coefficient (Wildman–Crippen LogP) is 5.31. The van der Waals surface area contributed by atoms with Crippen molar-refractivity contribution < 1.29 is 19.0 Å². The largest absolute Gasteiger partial charge is 0.490 e. The molecule has 1 saturated heterocycles. The van der Waals surface area contributed by atoms with Gasteiger partial charge in [0.25, 0.3) is 0 Å². The van der Waals surface area contributed by atoms with E-state index in [1.165, 1.54) is 0 Å². The van der Waals surface area contributed by atoms with Crippen LogP contribution in [-0.4, -0.2) is 42.7 Å². The van der Waals surface area contributed by atoms with Crippen LogP contribution in [0.1, 0.15) is 12.0 Å². The van der Waals surface area contributed by atoms with Crippen LogP contribution in [0.3, 0.4) is 0 Å². The third-order valence-corrected chi connectivity index (χ3v) is 5.98. The minimum Gasteiger partial charge on any atom is -0.490 e. The van der Waals surface area contributed by atoms with Crippen molar-refractivity contribution >= 4 is 29.1 Å². The van der Waals surface area contributed by atoms with E-state index in [1.54, 1.807) is 24.3 Å². The molecule has 0 aromatic heterocycles. The predicted molar refractivity (Wildman–Crippen MR) is 133 cm³/mol. The Morgan fingerprint density at radius 1 is 1.00 bits per heavy atom. The molecule has 1 unspecified atom stereocenters. The van der Waals surface area contributed by atoms with Crippen LogP contribution in [-0.2, 0) is 16.1 Å². The fourth-order valence-electron chi connectivity index (χ4n) is 4.03. The second-order valence-electron chi connectivity index (χ2n) is 8.30. The first-order valence-corrected chi connectivity index (χ1v) is 11.7. The second kappa shape index (κ2) is 11.1. The third-order valence-electron chi connectivity index (χ3n) is 5.51. The lowest BCUT2D eigenvalue weighted by Gasteiger charge is -2.42. The molecule has 1 aliphatic rings. The number of carbonyl (C=O) groups excluding carboxylic acids is 1. The maximum Gasteiger partial charge on any atom is 0.220 e. The molecule has 178 valence electrons. The molecule has 1 amide bonds. The summed E-state index contributed by atoms with van der Waals surface area (Å²) in [5.74, 6) is 1.57. The van der Waals surface area contributed by atoms with Gasteiger partial charge in [0.15, 0.2) is 0 Å². The Hall–Kier alpha value is -2.77. The fourth-order valence-corrected chi connectivity index (χ4v) is 4.39. The molecule has 34 heavy (non-hydrogen) atoms. The molecule has 0 saturated carbocycles. The monoisotopic (exact) mass is 500 g/mol. The zero-order valence-corrected chi connectivity index (χ0v) is 20.1. The highest BCUT2D eigenvalue weighted by Crippen LogP contribution is 2.30. The molecule has 3 aromatic carbocycles. The van der Waals surface area contributed by atoms with Gasteiger partial charge in [-0.15, -0.1) is 0 Å². The molecule has 0 spiro atoms. The maximum atomic E-state index is 11.9. The van der Waals surface area contributed by atoms with E-state index in [9.17, 15) is 4.79 Å².